The van der Waals surface area contributed by atoms with E-state index in [1.165, 1.54) is 5.56 Å². The summed E-state index contributed by atoms with van der Waals surface area (Å²) in [7, 11) is 0. The van der Waals surface area contributed by atoms with Gasteiger partial charge in [0, 0.05) is 18.2 Å². The van der Waals surface area contributed by atoms with Gasteiger partial charge in [0.1, 0.15) is 11.5 Å². The van der Waals surface area contributed by atoms with Crippen LogP contribution in [0.1, 0.15) is 28.2 Å². The summed E-state index contributed by atoms with van der Waals surface area (Å²) >= 11 is 0. The average Bonchev–Trinajstić information content (AvgIpc) is 2.74. The average molecular weight is 269 g/mol. The topological polar surface area (TPSA) is 42.2 Å². The maximum Gasteiger partial charge on any atom is 0.244 e. The van der Waals surface area contributed by atoms with Crippen molar-refractivity contribution in [1.29, 1.82) is 0 Å². The van der Waals surface area contributed by atoms with Crippen molar-refractivity contribution in [1.82, 2.24) is 5.32 Å². The molecule has 0 fully saturated rings. The van der Waals surface area contributed by atoms with E-state index in [1.807, 2.05) is 57.2 Å². The smallest absolute Gasteiger partial charge is 0.244 e. The van der Waals surface area contributed by atoms with Crippen LogP contribution in [0.5, 0.6) is 0 Å². The molecule has 1 amide bonds. The van der Waals surface area contributed by atoms with Crippen molar-refractivity contribution in [2.45, 2.75) is 27.3 Å². The third-order valence-electron chi connectivity index (χ3n) is 3.10. The number of carbonyl (C=O) groups is 1. The summed E-state index contributed by atoms with van der Waals surface area (Å²) in [6.45, 7) is 6.32. The first-order chi connectivity index (χ1) is 9.54. The first-order valence-corrected chi connectivity index (χ1v) is 6.63. The number of rotatable bonds is 4. The second kappa shape index (κ2) is 6.24. The van der Waals surface area contributed by atoms with E-state index in [2.05, 4.69) is 5.32 Å². The maximum atomic E-state index is 11.7. The monoisotopic (exact) mass is 269 g/mol. The largest absolute Gasteiger partial charge is 0.466 e. The molecule has 0 atom stereocenters. The summed E-state index contributed by atoms with van der Waals surface area (Å²) in [5, 5.41) is 2.85. The molecule has 0 aliphatic heterocycles. The predicted molar refractivity (Wildman–Crippen MR) is 80.2 cm³/mol. The van der Waals surface area contributed by atoms with Gasteiger partial charge in [-0.2, -0.15) is 0 Å². The number of furan rings is 1. The van der Waals surface area contributed by atoms with E-state index in [0.717, 1.165) is 22.6 Å². The van der Waals surface area contributed by atoms with Crippen molar-refractivity contribution in [2.75, 3.05) is 0 Å². The van der Waals surface area contributed by atoms with Gasteiger partial charge in [0.05, 0.1) is 0 Å². The molecule has 104 valence electrons. The molecule has 2 aromatic rings. The van der Waals surface area contributed by atoms with Gasteiger partial charge in [0.15, 0.2) is 0 Å². The molecule has 0 saturated heterocycles. The zero-order chi connectivity index (χ0) is 14.5. The van der Waals surface area contributed by atoms with Gasteiger partial charge in [-0.1, -0.05) is 29.8 Å². The van der Waals surface area contributed by atoms with E-state index >= 15 is 0 Å². The van der Waals surface area contributed by atoms with Crippen molar-refractivity contribution in [3.8, 4) is 0 Å². The van der Waals surface area contributed by atoms with Gasteiger partial charge in [-0.05, 0) is 38.5 Å². The summed E-state index contributed by atoms with van der Waals surface area (Å²) < 4.78 is 5.42. The standard InChI is InChI=1S/C17H19NO2/c1-12-4-6-15(7-5-12)8-9-17(19)18-11-16-10-13(2)20-14(16)3/h4-10H,11H2,1-3H3,(H,18,19)/b9-8+. The highest BCUT2D eigenvalue weighted by molar-refractivity contribution is 5.91. The molecule has 0 saturated carbocycles. The van der Waals surface area contributed by atoms with Crippen molar-refractivity contribution in [3.63, 3.8) is 0 Å². The Kier molecular flexibility index (Phi) is 4.41. The summed E-state index contributed by atoms with van der Waals surface area (Å²) in [5.41, 5.74) is 3.23. The van der Waals surface area contributed by atoms with Crippen LogP contribution in [0, 0.1) is 20.8 Å². The number of nitrogens with one attached hydrogen (secondary N) is 1. The summed E-state index contributed by atoms with van der Waals surface area (Å²) in [4.78, 5) is 11.7. The SMILES string of the molecule is Cc1ccc(/C=C/C(=O)NCc2cc(C)oc2C)cc1. The summed E-state index contributed by atoms with van der Waals surface area (Å²) in [6, 6.07) is 9.97. The molecule has 0 radical (unpaired) electrons. The molecule has 0 bridgehead atoms. The highest BCUT2D eigenvalue weighted by Gasteiger charge is 2.05. The lowest BCUT2D eigenvalue weighted by Crippen LogP contribution is -2.20. The molecular weight excluding hydrogens is 250 g/mol. The van der Waals surface area contributed by atoms with E-state index in [9.17, 15) is 4.79 Å². The fourth-order valence-electron chi connectivity index (χ4n) is 1.95. The molecule has 1 aromatic heterocycles. The van der Waals surface area contributed by atoms with Crippen LogP contribution in [0.2, 0.25) is 0 Å². The molecule has 20 heavy (non-hydrogen) atoms. The van der Waals surface area contributed by atoms with E-state index in [4.69, 9.17) is 4.42 Å². The molecule has 0 unspecified atom stereocenters. The molecule has 1 N–H and O–H groups in total. The van der Waals surface area contributed by atoms with E-state index in [0.29, 0.717) is 6.54 Å². The summed E-state index contributed by atoms with van der Waals surface area (Å²) in [6.07, 6.45) is 3.36. The zero-order valence-corrected chi connectivity index (χ0v) is 12.1. The van der Waals surface area contributed by atoms with Gasteiger partial charge in [-0.15, -0.1) is 0 Å². The van der Waals surface area contributed by atoms with E-state index < -0.39 is 0 Å². The van der Waals surface area contributed by atoms with E-state index in [1.54, 1.807) is 6.08 Å². The minimum Gasteiger partial charge on any atom is -0.466 e. The normalized spacial score (nSPS) is 10.9. The number of hydrogen-bond acceptors (Lipinski definition) is 2. The molecule has 0 spiro atoms. The number of amides is 1. The Balaban J connectivity index is 1.89. The molecule has 2 rings (SSSR count). The van der Waals surface area contributed by atoms with E-state index in [-0.39, 0.29) is 5.91 Å². The Morgan fingerprint density at radius 2 is 1.90 bits per heavy atom. The number of benzene rings is 1. The molecule has 1 heterocycles. The predicted octanol–water partition coefficient (Wildman–Crippen LogP) is 3.53. The Hall–Kier alpha value is -2.29. The maximum absolute atomic E-state index is 11.7. The molecule has 3 nitrogen and oxygen atoms in total. The quantitative estimate of drug-likeness (QED) is 0.863. The van der Waals surface area contributed by atoms with Gasteiger partial charge in [0.2, 0.25) is 5.91 Å². The first kappa shape index (κ1) is 14.1. The number of carbonyl (C=O) groups excluding carboxylic acids is 1. The minimum atomic E-state index is -0.108. The van der Waals surface area contributed by atoms with Gasteiger partial charge in [0.25, 0.3) is 0 Å². The van der Waals surface area contributed by atoms with Crippen LogP contribution in [0.25, 0.3) is 6.08 Å². The van der Waals surface area contributed by atoms with Gasteiger partial charge < -0.3 is 9.73 Å². The van der Waals surface area contributed by atoms with Crippen molar-refractivity contribution in [3.05, 3.63) is 64.6 Å². The van der Waals surface area contributed by atoms with Gasteiger partial charge in [-0.25, -0.2) is 0 Å². The van der Waals surface area contributed by atoms with Gasteiger partial charge >= 0.3 is 0 Å². The Bertz CT molecular complexity index is 621. The Morgan fingerprint density at radius 1 is 1.20 bits per heavy atom. The molecule has 0 aliphatic carbocycles. The van der Waals surface area contributed by atoms with Crippen molar-refractivity contribution < 1.29 is 9.21 Å². The third-order valence-corrected chi connectivity index (χ3v) is 3.10. The van der Waals surface area contributed by atoms with Crippen LogP contribution in [0.15, 0.2) is 40.8 Å². The number of aryl methyl sites for hydroxylation is 3. The van der Waals surface area contributed by atoms with Crippen LogP contribution in [0.3, 0.4) is 0 Å². The Labute approximate surface area is 119 Å². The second-order valence-corrected chi connectivity index (χ2v) is 4.90. The molecule has 3 heteroatoms. The minimum absolute atomic E-state index is 0.108. The van der Waals surface area contributed by atoms with Crippen LogP contribution >= 0.6 is 0 Å². The lowest BCUT2D eigenvalue weighted by Gasteiger charge is -2.00. The number of hydrogen-bond donors (Lipinski definition) is 1. The highest BCUT2D eigenvalue weighted by atomic mass is 16.3. The molecule has 0 aliphatic rings. The van der Waals surface area contributed by atoms with Crippen LogP contribution in [-0.2, 0) is 11.3 Å². The van der Waals surface area contributed by atoms with Crippen molar-refractivity contribution in [2.24, 2.45) is 0 Å². The zero-order valence-electron chi connectivity index (χ0n) is 12.1. The fraction of sp³-hybridized carbons (Fsp3) is 0.235. The van der Waals surface area contributed by atoms with Crippen LogP contribution in [-0.4, -0.2) is 5.91 Å². The third kappa shape index (κ3) is 3.85. The second-order valence-electron chi connectivity index (χ2n) is 4.90. The lowest BCUT2D eigenvalue weighted by atomic mass is 10.1. The first-order valence-electron chi connectivity index (χ1n) is 6.63. The highest BCUT2D eigenvalue weighted by Crippen LogP contribution is 2.13. The molecular formula is C17H19NO2. The lowest BCUT2D eigenvalue weighted by molar-refractivity contribution is -0.116. The van der Waals surface area contributed by atoms with Gasteiger partial charge in [-0.3, -0.25) is 4.79 Å². The fourth-order valence-corrected chi connectivity index (χ4v) is 1.95. The Morgan fingerprint density at radius 3 is 2.50 bits per heavy atom. The molecule has 1 aromatic carbocycles. The van der Waals surface area contributed by atoms with Crippen LogP contribution < -0.4 is 5.32 Å². The van der Waals surface area contributed by atoms with Crippen molar-refractivity contribution >= 4 is 12.0 Å². The van der Waals surface area contributed by atoms with Crippen LogP contribution in [0.4, 0.5) is 0 Å². The summed E-state index contributed by atoms with van der Waals surface area (Å²) in [5.74, 6) is 1.61.